The monoisotopic (exact) mass is 410 g/mol. The third-order valence-corrected chi connectivity index (χ3v) is 6.13. The Balaban J connectivity index is 1.63. The molecule has 6 nitrogen and oxygen atoms in total. The van der Waals surface area contributed by atoms with Crippen molar-refractivity contribution in [1.29, 1.82) is 0 Å². The molecule has 28 heavy (non-hydrogen) atoms. The molecule has 0 N–H and O–H groups in total. The largest absolute Gasteiger partial charge is 0.293 e. The molecule has 0 spiro atoms. The molecule has 0 aliphatic carbocycles. The van der Waals surface area contributed by atoms with Crippen LogP contribution in [0.4, 0.5) is 10.8 Å². The fourth-order valence-electron chi connectivity index (χ4n) is 2.96. The summed E-state index contributed by atoms with van der Waals surface area (Å²) in [6.07, 6.45) is 2.49. The molecule has 4 rings (SSSR count). The zero-order chi connectivity index (χ0) is 19.7. The van der Waals surface area contributed by atoms with E-state index in [-0.39, 0.29) is 11.5 Å². The number of thiophene rings is 1. The van der Waals surface area contributed by atoms with Gasteiger partial charge < -0.3 is 0 Å². The van der Waals surface area contributed by atoms with Crippen LogP contribution in [0.15, 0.2) is 52.2 Å². The molecule has 3 heterocycles. The molecule has 0 saturated heterocycles. The fourth-order valence-corrected chi connectivity index (χ4v) is 4.56. The summed E-state index contributed by atoms with van der Waals surface area (Å²) < 4.78 is 1.54. The van der Waals surface area contributed by atoms with E-state index in [1.807, 2.05) is 35.0 Å². The molecule has 3 aromatic heterocycles. The number of aryl methyl sites for hydroxylation is 1. The van der Waals surface area contributed by atoms with Crippen molar-refractivity contribution in [2.75, 3.05) is 4.90 Å². The molecule has 142 valence electrons. The lowest BCUT2D eigenvalue weighted by molar-refractivity contribution is -0.115. The molecule has 0 fully saturated rings. The number of carbonyl (C=O) groups is 1. The minimum Gasteiger partial charge on any atom is -0.293 e. The standard InChI is InChI=1S/C20H18N4O2S2/c1-3-14-4-6-16(7-5-14)24(13(2)25)20-22-15(11-28-20)10-23-12-21-18-17(19(23)26)8-9-27-18/h4-9,11-12H,3,10H2,1-2H3. The number of carbonyl (C=O) groups excluding carboxylic acids is 1. The highest BCUT2D eigenvalue weighted by atomic mass is 32.1. The lowest BCUT2D eigenvalue weighted by Gasteiger charge is -2.18. The summed E-state index contributed by atoms with van der Waals surface area (Å²) in [4.78, 5) is 36.1. The number of amides is 1. The summed E-state index contributed by atoms with van der Waals surface area (Å²) in [6, 6.07) is 9.68. The second-order valence-corrected chi connectivity index (χ2v) is 8.04. The minimum absolute atomic E-state index is 0.0839. The quantitative estimate of drug-likeness (QED) is 0.494. The molecule has 0 radical (unpaired) electrons. The first kappa shape index (κ1) is 18.5. The first-order chi connectivity index (χ1) is 13.6. The Bertz CT molecular complexity index is 1190. The lowest BCUT2D eigenvalue weighted by atomic mass is 10.1. The van der Waals surface area contributed by atoms with E-state index in [9.17, 15) is 9.59 Å². The topological polar surface area (TPSA) is 68.1 Å². The van der Waals surface area contributed by atoms with Crippen LogP contribution in [0.3, 0.4) is 0 Å². The maximum atomic E-state index is 12.6. The van der Waals surface area contributed by atoms with E-state index < -0.39 is 0 Å². The van der Waals surface area contributed by atoms with E-state index in [2.05, 4.69) is 16.9 Å². The van der Waals surface area contributed by atoms with Crippen LogP contribution in [0.2, 0.25) is 0 Å². The first-order valence-corrected chi connectivity index (χ1v) is 10.6. The van der Waals surface area contributed by atoms with Crippen molar-refractivity contribution >= 4 is 49.6 Å². The van der Waals surface area contributed by atoms with E-state index in [4.69, 9.17) is 0 Å². The van der Waals surface area contributed by atoms with Gasteiger partial charge in [0.05, 0.1) is 29.6 Å². The van der Waals surface area contributed by atoms with Crippen LogP contribution in [-0.2, 0) is 17.8 Å². The van der Waals surface area contributed by atoms with Crippen LogP contribution in [0.25, 0.3) is 10.2 Å². The average molecular weight is 411 g/mol. The van der Waals surface area contributed by atoms with E-state index in [1.165, 1.54) is 35.2 Å². The summed E-state index contributed by atoms with van der Waals surface area (Å²) >= 11 is 2.83. The molecule has 1 amide bonds. The van der Waals surface area contributed by atoms with Gasteiger partial charge in [0.15, 0.2) is 5.13 Å². The van der Waals surface area contributed by atoms with Crippen LogP contribution < -0.4 is 10.5 Å². The SMILES string of the molecule is CCc1ccc(N(C(C)=O)c2nc(Cn3cnc4sccc4c3=O)cs2)cc1. The van der Waals surface area contributed by atoms with Crippen molar-refractivity contribution in [3.05, 3.63) is 69.0 Å². The van der Waals surface area contributed by atoms with Crippen molar-refractivity contribution in [3.63, 3.8) is 0 Å². The number of anilines is 2. The highest BCUT2D eigenvalue weighted by molar-refractivity contribution is 7.16. The molecule has 0 bridgehead atoms. The fraction of sp³-hybridized carbons (Fsp3) is 0.200. The second kappa shape index (κ2) is 7.65. The van der Waals surface area contributed by atoms with E-state index in [0.29, 0.717) is 17.1 Å². The number of benzene rings is 1. The van der Waals surface area contributed by atoms with Crippen LogP contribution in [0.1, 0.15) is 25.1 Å². The molecule has 1 aromatic carbocycles. The molecule has 0 saturated carbocycles. The summed E-state index contributed by atoms with van der Waals surface area (Å²) in [5, 5.41) is 4.93. The molecule has 0 unspecified atom stereocenters. The van der Waals surface area contributed by atoms with Crippen LogP contribution in [0.5, 0.6) is 0 Å². The van der Waals surface area contributed by atoms with Gasteiger partial charge in [-0.1, -0.05) is 19.1 Å². The van der Waals surface area contributed by atoms with Gasteiger partial charge in [-0.3, -0.25) is 19.1 Å². The van der Waals surface area contributed by atoms with Crippen LogP contribution >= 0.6 is 22.7 Å². The normalized spacial score (nSPS) is 11.1. The van der Waals surface area contributed by atoms with Gasteiger partial charge in [0.2, 0.25) is 5.91 Å². The lowest BCUT2D eigenvalue weighted by Crippen LogP contribution is -2.23. The molecular weight excluding hydrogens is 392 g/mol. The van der Waals surface area contributed by atoms with E-state index in [1.54, 1.807) is 21.9 Å². The van der Waals surface area contributed by atoms with Gasteiger partial charge in [-0.25, -0.2) is 9.97 Å². The number of nitrogens with zero attached hydrogens (tertiary/aromatic N) is 4. The Kier molecular flexibility index (Phi) is 5.06. The zero-order valence-corrected chi connectivity index (χ0v) is 17.1. The smallest absolute Gasteiger partial charge is 0.262 e. The van der Waals surface area contributed by atoms with Crippen molar-refractivity contribution in [3.8, 4) is 0 Å². The van der Waals surface area contributed by atoms with Crippen molar-refractivity contribution in [1.82, 2.24) is 14.5 Å². The molecule has 4 aromatic rings. The van der Waals surface area contributed by atoms with Gasteiger partial charge in [0.25, 0.3) is 5.56 Å². The summed E-state index contributed by atoms with van der Waals surface area (Å²) in [6.45, 7) is 3.93. The average Bonchev–Trinajstić information content (AvgIpc) is 3.34. The van der Waals surface area contributed by atoms with Gasteiger partial charge in [-0.15, -0.1) is 22.7 Å². The van der Waals surface area contributed by atoms with Crippen molar-refractivity contribution in [2.45, 2.75) is 26.8 Å². The molecule has 0 aliphatic heterocycles. The number of fused-ring (bicyclic) bond motifs is 1. The molecule has 0 atom stereocenters. The molecule has 0 aliphatic rings. The van der Waals surface area contributed by atoms with E-state index >= 15 is 0 Å². The van der Waals surface area contributed by atoms with Gasteiger partial charge >= 0.3 is 0 Å². The summed E-state index contributed by atoms with van der Waals surface area (Å²) in [7, 11) is 0. The second-order valence-electron chi connectivity index (χ2n) is 6.31. The Morgan fingerprint density at radius 2 is 1.96 bits per heavy atom. The van der Waals surface area contributed by atoms with Crippen LogP contribution in [0, 0.1) is 0 Å². The Labute approximate surface area is 169 Å². The number of thiazole rings is 1. The zero-order valence-electron chi connectivity index (χ0n) is 15.5. The molecule has 8 heteroatoms. The number of rotatable bonds is 5. The summed E-state index contributed by atoms with van der Waals surface area (Å²) in [5.74, 6) is -0.108. The van der Waals surface area contributed by atoms with Gasteiger partial charge in [-0.2, -0.15) is 0 Å². The highest BCUT2D eigenvalue weighted by Crippen LogP contribution is 2.29. The highest BCUT2D eigenvalue weighted by Gasteiger charge is 2.18. The minimum atomic E-state index is -0.108. The number of hydrogen-bond acceptors (Lipinski definition) is 6. The number of hydrogen-bond donors (Lipinski definition) is 0. The van der Waals surface area contributed by atoms with Gasteiger partial charge in [0, 0.05) is 12.3 Å². The first-order valence-electron chi connectivity index (χ1n) is 8.83. The van der Waals surface area contributed by atoms with Crippen molar-refractivity contribution < 1.29 is 4.79 Å². The predicted octanol–water partition coefficient (Wildman–Crippen LogP) is 4.21. The maximum absolute atomic E-state index is 12.6. The number of aromatic nitrogens is 3. The Hall–Kier alpha value is -2.84. The third kappa shape index (κ3) is 3.48. The Morgan fingerprint density at radius 1 is 1.18 bits per heavy atom. The molecular formula is C20H18N4O2S2. The third-order valence-electron chi connectivity index (χ3n) is 4.43. The van der Waals surface area contributed by atoms with Gasteiger partial charge in [-0.05, 0) is 35.6 Å². The Morgan fingerprint density at radius 3 is 2.68 bits per heavy atom. The van der Waals surface area contributed by atoms with Crippen LogP contribution in [-0.4, -0.2) is 20.4 Å². The summed E-state index contributed by atoms with van der Waals surface area (Å²) in [5.41, 5.74) is 2.63. The van der Waals surface area contributed by atoms with E-state index in [0.717, 1.165) is 22.6 Å². The van der Waals surface area contributed by atoms with Crippen molar-refractivity contribution in [2.24, 2.45) is 0 Å². The predicted molar refractivity (Wildman–Crippen MR) is 114 cm³/mol. The van der Waals surface area contributed by atoms with Gasteiger partial charge in [0.1, 0.15) is 4.83 Å². The maximum Gasteiger partial charge on any atom is 0.262 e.